The summed E-state index contributed by atoms with van der Waals surface area (Å²) in [5.74, 6) is 0.616. The van der Waals surface area contributed by atoms with Crippen LogP contribution in [0.5, 0.6) is 5.75 Å². The normalized spacial score (nSPS) is 10.5. The molecule has 0 fully saturated rings. The van der Waals surface area contributed by atoms with Crippen LogP contribution < -0.4 is 4.74 Å². The first-order chi connectivity index (χ1) is 12.1. The monoisotopic (exact) mass is 356 g/mol. The predicted molar refractivity (Wildman–Crippen MR) is 95.3 cm³/mol. The molecule has 7 heteroatoms. The van der Waals surface area contributed by atoms with Crippen LogP contribution in [0, 0.1) is 0 Å². The van der Waals surface area contributed by atoms with Crippen LogP contribution in [-0.4, -0.2) is 45.8 Å². The lowest BCUT2D eigenvalue weighted by Crippen LogP contribution is -2.30. The summed E-state index contributed by atoms with van der Waals surface area (Å²) in [4.78, 5) is 18.0. The summed E-state index contributed by atoms with van der Waals surface area (Å²) in [6, 6.07) is 14.4. The Morgan fingerprint density at radius 2 is 2.04 bits per heavy atom. The van der Waals surface area contributed by atoms with E-state index in [9.17, 15) is 4.79 Å². The van der Waals surface area contributed by atoms with Crippen molar-refractivity contribution in [3.63, 3.8) is 0 Å². The second-order valence-electron chi connectivity index (χ2n) is 5.42. The quantitative estimate of drug-likeness (QED) is 0.681. The average Bonchev–Trinajstić information content (AvgIpc) is 3.16. The lowest BCUT2D eigenvalue weighted by Gasteiger charge is -2.18. The number of nitrogens with zero attached hydrogens (tertiary/aromatic N) is 4. The highest BCUT2D eigenvalue weighted by atomic mass is 35.5. The largest absolute Gasteiger partial charge is 0.492 e. The average molecular weight is 357 g/mol. The molecule has 1 amide bonds. The van der Waals surface area contributed by atoms with Crippen molar-refractivity contribution >= 4 is 17.5 Å². The van der Waals surface area contributed by atoms with Gasteiger partial charge in [0.15, 0.2) is 0 Å². The van der Waals surface area contributed by atoms with Crippen LogP contribution in [0.2, 0.25) is 5.02 Å². The molecule has 0 N–H and O–H groups in total. The third-order valence-corrected chi connectivity index (χ3v) is 3.87. The summed E-state index contributed by atoms with van der Waals surface area (Å²) in [6.45, 7) is 0.857. The van der Waals surface area contributed by atoms with Gasteiger partial charge in [0.1, 0.15) is 25.0 Å². The molecule has 1 aromatic heterocycles. The second kappa shape index (κ2) is 7.81. The van der Waals surface area contributed by atoms with Gasteiger partial charge in [0.05, 0.1) is 12.2 Å². The Morgan fingerprint density at radius 1 is 1.24 bits per heavy atom. The van der Waals surface area contributed by atoms with Gasteiger partial charge >= 0.3 is 0 Å². The molecule has 2 aromatic carbocycles. The van der Waals surface area contributed by atoms with E-state index >= 15 is 0 Å². The van der Waals surface area contributed by atoms with Gasteiger partial charge in [-0.15, -0.1) is 0 Å². The van der Waals surface area contributed by atoms with E-state index < -0.39 is 0 Å². The first kappa shape index (κ1) is 17.0. The minimum atomic E-state index is -0.0696. The summed E-state index contributed by atoms with van der Waals surface area (Å²) in [7, 11) is 1.75. The van der Waals surface area contributed by atoms with Gasteiger partial charge < -0.3 is 9.64 Å². The van der Waals surface area contributed by atoms with E-state index in [1.54, 1.807) is 47.2 Å². The standard InChI is InChI=1S/C18H17ClN4O2/c1-22(9-10-25-17-4-2-3-15(19)11-17)18(24)14-5-7-16(8-6-14)23-13-20-12-21-23/h2-8,11-13H,9-10H2,1H3. The molecular formula is C18H17ClN4O2. The molecule has 25 heavy (non-hydrogen) atoms. The summed E-state index contributed by atoms with van der Waals surface area (Å²) < 4.78 is 7.25. The van der Waals surface area contributed by atoms with E-state index in [0.29, 0.717) is 29.5 Å². The molecule has 3 rings (SSSR count). The molecule has 1 heterocycles. The molecular weight excluding hydrogens is 340 g/mol. The fourth-order valence-corrected chi connectivity index (χ4v) is 2.46. The van der Waals surface area contributed by atoms with Crippen molar-refractivity contribution in [2.24, 2.45) is 0 Å². The molecule has 0 saturated heterocycles. The Bertz CT molecular complexity index is 835. The lowest BCUT2D eigenvalue weighted by atomic mass is 10.2. The minimum Gasteiger partial charge on any atom is -0.492 e. The molecule has 0 aliphatic rings. The number of hydrogen-bond donors (Lipinski definition) is 0. The number of rotatable bonds is 6. The van der Waals surface area contributed by atoms with Gasteiger partial charge in [-0.05, 0) is 42.5 Å². The van der Waals surface area contributed by atoms with Gasteiger partial charge in [-0.25, -0.2) is 9.67 Å². The van der Waals surface area contributed by atoms with E-state index in [1.807, 2.05) is 24.3 Å². The van der Waals surface area contributed by atoms with Crippen LogP contribution in [0.25, 0.3) is 5.69 Å². The van der Waals surface area contributed by atoms with E-state index in [0.717, 1.165) is 5.69 Å². The molecule has 0 saturated carbocycles. The molecule has 0 unspecified atom stereocenters. The molecule has 0 atom stereocenters. The van der Waals surface area contributed by atoms with Crippen molar-refractivity contribution < 1.29 is 9.53 Å². The third kappa shape index (κ3) is 4.36. The number of halogens is 1. The molecule has 0 bridgehead atoms. The van der Waals surface area contributed by atoms with Crippen molar-refractivity contribution in [1.82, 2.24) is 19.7 Å². The van der Waals surface area contributed by atoms with Gasteiger partial charge in [0, 0.05) is 17.6 Å². The highest BCUT2D eigenvalue weighted by Crippen LogP contribution is 2.17. The van der Waals surface area contributed by atoms with Gasteiger partial charge in [0.25, 0.3) is 5.91 Å². The first-order valence-corrected chi connectivity index (χ1v) is 8.10. The molecule has 128 valence electrons. The number of carbonyl (C=O) groups excluding carboxylic acids is 1. The van der Waals surface area contributed by atoms with Crippen LogP contribution in [-0.2, 0) is 0 Å². The van der Waals surface area contributed by atoms with E-state index in [1.165, 1.54) is 6.33 Å². The van der Waals surface area contributed by atoms with E-state index in [4.69, 9.17) is 16.3 Å². The summed E-state index contributed by atoms with van der Waals surface area (Å²) in [5.41, 5.74) is 1.45. The zero-order valence-electron chi connectivity index (χ0n) is 13.7. The van der Waals surface area contributed by atoms with Crippen LogP contribution in [0.1, 0.15) is 10.4 Å². The molecule has 0 spiro atoms. The van der Waals surface area contributed by atoms with Crippen molar-refractivity contribution in [2.75, 3.05) is 20.2 Å². The van der Waals surface area contributed by atoms with Crippen LogP contribution in [0.15, 0.2) is 61.2 Å². The van der Waals surface area contributed by atoms with Gasteiger partial charge in [-0.1, -0.05) is 17.7 Å². The maximum Gasteiger partial charge on any atom is 0.253 e. The number of amides is 1. The first-order valence-electron chi connectivity index (χ1n) is 7.72. The number of hydrogen-bond acceptors (Lipinski definition) is 4. The number of likely N-dealkylation sites (N-methyl/N-ethyl adjacent to an activating group) is 1. The van der Waals surface area contributed by atoms with Crippen molar-refractivity contribution in [3.8, 4) is 11.4 Å². The topological polar surface area (TPSA) is 60.2 Å². The third-order valence-electron chi connectivity index (χ3n) is 3.64. The van der Waals surface area contributed by atoms with Crippen LogP contribution in [0.4, 0.5) is 0 Å². The van der Waals surface area contributed by atoms with Crippen LogP contribution >= 0.6 is 11.6 Å². The smallest absolute Gasteiger partial charge is 0.253 e. The predicted octanol–water partition coefficient (Wildman–Crippen LogP) is 3.07. The van der Waals surface area contributed by atoms with E-state index in [2.05, 4.69) is 10.1 Å². The van der Waals surface area contributed by atoms with Gasteiger partial charge in [0.2, 0.25) is 0 Å². The Hall–Kier alpha value is -2.86. The SMILES string of the molecule is CN(CCOc1cccc(Cl)c1)C(=O)c1ccc(-n2cncn2)cc1. The van der Waals surface area contributed by atoms with Gasteiger partial charge in [-0.3, -0.25) is 4.79 Å². The van der Waals surface area contributed by atoms with E-state index in [-0.39, 0.29) is 5.91 Å². The Kier molecular flexibility index (Phi) is 5.30. The Labute approximate surface area is 150 Å². The minimum absolute atomic E-state index is 0.0696. The summed E-state index contributed by atoms with van der Waals surface area (Å²) in [5, 5.41) is 4.68. The molecule has 0 aliphatic heterocycles. The molecule has 0 aliphatic carbocycles. The maximum absolute atomic E-state index is 12.5. The van der Waals surface area contributed by atoms with Crippen molar-refractivity contribution in [2.45, 2.75) is 0 Å². The second-order valence-corrected chi connectivity index (χ2v) is 5.86. The Morgan fingerprint density at radius 3 is 2.72 bits per heavy atom. The fraction of sp³-hybridized carbons (Fsp3) is 0.167. The lowest BCUT2D eigenvalue weighted by molar-refractivity contribution is 0.0774. The number of carbonyl (C=O) groups is 1. The highest BCUT2D eigenvalue weighted by molar-refractivity contribution is 6.30. The zero-order chi connectivity index (χ0) is 17.6. The highest BCUT2D eigenvalue weighted by Gasteiger charge is 2.12. The maximum atomic E-state index is 12.5. The number of benzene rings is 2. The number of aromatic nitrogens is 3. The van der Waals surface area contributed by atoms with Crippen molar-refractivity contribution in [3.05, 3.63) is 71.8 Å². The Balaban J connectivity index is 1.55. The molecule has 3 aromatic rings. The zero-order valence-corrected chi connectivity index (χ0v) is 14.4. The number of ether oxygens (including phenoxy) is 1. The fourth-order valence-electron chi connectivity index (χ4n) is 2.28. The van der Waals surface area contributed by atoms with Crippen molar-refractivity contribution in [1.29, 1.82) is 0 Å². The molecule has 6 nitrogen and oxygen atoms in total. The summed E-state index contributed by atoms with van der Waals surface area (Å²) >= 11 is 5.91. The summed E-state index contributed by atoms with van der Waals surface area (Å²) in [6.07, 6.45) is 3.07. The van der Waals surface area contributed by atoms with Gasteiger partial charge in [-0.2, -0.15) is 5.10 Å². The molecule has 0 radical (unpaired) electrons. The van der Waals surface area contributed by atoms with Crippen LogP contribution in [0.3, 0.4) is 0 Å².